The van der Waals surface area contributed by atoms with Gasteiger partial charge in [-0.25, -0.2) is 4.39 Å². The Morgan fingerprint density at radius 3 is 2.42 bits per heavy atom. The van der Waals surface area contributed by atoms with Gasteiger partial charge in [-0.05, 0) is 55.2 Å². The molecule has 4 heteroatoms. The molecule has 0 spiro atoms. The molecule has 3 rings (SSSR count). The Morgan fingerprint density at radius 2 is 1.79 bits per heavy atom. The van der Waals surface area contributed by atoms with E-state index in [0.717, 1.165) is 36.3 Å². The summed E-state index contributed by atoms with van der Waals surface area (Å²) >= 11 is 0. The maximum atomic E-state index is 13.1. The second kappa shape index (κ2) is 7.04. The maximum absolute atomic E-state index is 13.1. The lowest BCUT2D eigenvalue weighted by atomic mass is 9.88. The first kappa shape index (κ1) is 16.5. The lowest BCUT2D eigenvalue weighted by molar-refractivity contribution is -0.137. The molecule has 2 aromatic rings. The average molecular weight is 327 g/mol. The van der Waals surface area contributed by atoms with E-state index >= 15 is 0 Å². The largest absolute Gasteiger partial charge is 0.497 e. The van der Waals surface area contributed by atoms with Crippen LogP contribution in [0.25, 0.3) is 0 Å². The van der Waals surface area contributed by atoms with E-state index in [-0.39, 0.29) is 23.7 Å². The SMILES string of the molecule is COc1ccc([C@H](C)N2CCCC(c3ccc(F)cc3)C2=O)cc1. The molecular weight excluding hydrogens is 305 g/mol. The number of hydrogen-bond acceptors (Lipinski definition) is 2. The number of rotatable bonds is 4. The van der Waals surface area contributed by atoms with E-state index < -0.39 is 0 Å². The highest BCUT2D eigenvalue weighted by Gasteiger charge is 2.32. The number of benzene rings is 2. The van der Waals surface area contributed by atoms with Crippen LogP contribution < -0.4 is 4.74 Å². The minimum atomic E-state index is -0.273. The molecule has 24 heavy (non-hydrogen) atoms. The summed E-state index contributed by atoms with van der Waals surface area (Å²) in [7, 11) is 1.64. The molecule has 0 aliphatic carbocycles. The standard InChI is InChI=1S/C20H22FNO2/c1-14(15-7-11-18(24-2)12-8-15)22-13-3-4-19(20(22)23)16-5-9-17(21)10-6-16/h5-12,14,19H,3-4,13H2,1-2H3/t14-,19?/m0/s1. The predicted octanol–water partition coefficient (Wildman–Crippen LogP) is 4.30. The third kappa shape index (κ3) is 3.28. The average Bonchev–Trinajstić information content (AvgIpc) is 2.62. The van der Waals surface area contributed by atoms with Crippen molar-refractivity contribution in [2.75, 3.05) is 13.7 Å². The Balaban J connectivity index is 1.79. The topological polar surface area (TPSA) is 29.5 Å². The number of carbonyl (C=O) groups excluding carboxylic acids is 1. The van der Waals surface area contributed by atoms with Crippen LogP contribution in [0, 0.1) is 5.82 Å². The molecule has 1 unspecified atom stereocenters. The molecule has 0 N–H and O–H groups in total. The van der Waals surface area contributed by atoms with Crippen LogP contribution in [0.15, 0.2) is 48.5 Å². The van der Waals surface area contributed by atoms with Gasteiger partial charge >= 0.3 is 0 Å². The molecule has 1 amide bonds. The normalized spacial score (nSPS) is 19.2. The quantitative estimate of drug-likeness (QED) is 0.838. The number of carbonyl (C=O) groups is 1. The van der Waals surface area contributed by atoms with Crippen LogP contribution >= 0.6 is 0 Å². The predicted molar refractivity (Wildman–Crippen MR) is 91.5 cm³/mol. The molecule has 1 saturated heterocycles. The summed E-state index contributed by atoms with van der Waals surface area (Å²) in [6.07, 6.45) is 1.77. The van der Waals surface area contributed by atoms with Crippen molar-refractivity contribution < 1.29 is 13.9 Å². The summed E-state index contributed by atoms with van der Waals surface area (Å²) in [5.41, 5.74) is 1.98. The van der Waals surface area contributed by atoms with Crippen molar-refractivity contribution in [1.82, 2.24) is 4.90 Å². The van der Waals surface area contributed by atoms with Gasteiger partial charge in [-0.1, -0.05) is 24.3 Å². The van der Waals surface area contributed by atoms with Crippen molar-refractivity contribution in [2.45, 2.75) is 31.7 Å². The van der Waals surface area contributed by atoms with Crippen molar-refractivity contribution in [1.29, 1.82) is 0 Å². The highest BCUT2D eigenvalue weighted by molar-refractivity contribution is 5.84. The molecule has 1 aliphatic heterocycles. The Kier molecular flexibility index (Phi) is 4.84. The molecule has 0 radical (unpaired) electrons. The molecule has 2 aromatic carbocycles. The first-order valence-corrected chi connectivity index (χ1v) is 8.30. The maximum Gasteiger partial charge on any atom is 0.230 e. The van der Waals surface area contributed by atoms with Gasteiger partial charge in [-0.15, -0.1) is 0 Å². The molecule has 0 bridgehead atoms. The zero-order chi connectivity index (χ0) is 17.1. The monoisotopic (exact) mass is 327 g/mol. The Hall–Kier alpha value is -2.36. The summed E-state index contributed by atoms with van der Waals surface area (Å²) in [4.78, 5) is 14.9. The highest BCUT2D eigenvalue weighted by Crippen LogP contribution is 2.33. The van der Waals surface area contributed by atoms with Crippen LogP contribution in [0.4, 0.5) is 4.39 Å². The summed E-state index contributed by atoms with van der Waals surface area (Å²) in [6.45, 7) is 2.80. The minimum Gasteiger partial charge on any atom is -0.497 e. The lowest BCUT2D eigenvalue weighted by Gasteiger charge is -2.37. The van der Waals surface area contributed by atoms with Gasteiger partial charge in [0.15, 0.2) is 0 Å². The number of likely N-dealkylation sites (tertiary alicyclic amines) is 1. The first-order valence-electron chi connectivity index (χ1n) is 8.30. The molecule has 1 heterocycles. The van der Waals surface area contributed by atoms with Crippen molar-refractivity contribution >= 4 is 5.91 Å². The summed E-state index contributed by atoms with van der Waals surface area (Å²) in [5, 5.41) is 0. The highest BCUT2D eigenvalue weighted by atomic mass is 19.1. The van der Waals surface area contributed by atoms with E-state index in [0.29, 0.717) is 0 Å². The number of halogens is 1. The number of nitrogens with zero attached hydrogens (tertiary/aromatic N) is 1. The van der Waals surface area contributed by atoms with E-state index in [4.69, 9.17) is 4.74 Å². The van der Waals surface area contributed by atoms with Crippen LogP contribution in [-0.4, -0.2) is 24.5 Å². The van der Waals surface area contributed by atoms with Gasteiger partial charge in [0.1, 0.15) is 11.6 Å². The smallest absolute Gasteiger partial charge is 0.230 e. The molecule has 126 valence electrons. The molecular formula is C20H22FNO2. The summed E-state index contributed by atoms with van der Waals surface area (Å²) in [5.74, 6) is 0.474. The zero-order valence-corrected chi connectivity index (χ0v) is 14.0. The molecule has 1 fully saturated rings. The summed E-state index contributed by atoms with van der Waals surface area (Å²) < 4.78 is 18.3. The van der Waals surface area contributed by atoms with E-state index in [2.05, 4.69) is 0 Å². The van der Waals surface area contributed by atoms with Gasteiger partial charge in [0.2, 0.25) is 5.91 Å². The second-order valence-electron chi connectivity index (χ2n) is 6.23. The number of hydrogen-bond donors (Lipinski definition) is 0. The molecule has 1 aliphatic rings. The Morgan fingerprint density at radius 1 is 1.12 bits per heavy atom. The van der Waals surface area contributed by atoms with Gasteiger partial charge in [-0.3, -0.25) is 4.79 Å². The van der Waals surface area contributed by atoms with Crippen molar-refractivity contribution in [3.63, 3.8) is 0 Å². The molecule has 3 nitrogen and oxygen atoms in total. The van der Waals surface area contributed by atoms with E-state index in [9.17, 15) is 9.18 Å². The van der Waals surface area contributed by atoms with Gasteiger partial charge < -0.3 is 9.64 Å². The van der Waals surface area contributed by atoms with E-state index in [1.165, 1.54) is 12.1 Å². The van der Waals surface area contributed by atoms with Crippen LogP contribution in [0.2, 0.25) is 0 Å². The van der Waals surface area contributed by atoms with Crippen LogP contribution in [0.5, 0.6) is 5.75 Å². The lowest BCUT2D eigenvalue weighted by Crippen LogP contribution is -2.41. The fraction of sp³-hybridized carbons (Fsp3) is 0.350. The number of piperidine rings is 1. The van der Waals surface area contributed by atoms with Crippen LogP contribution in [0.3, 0.4) is 0 Å². The number of methoxy groups -OCH3 is 1. The molecule has 2 atom stereocenters. The van der Waals surface area contributed by atoms with Gasteiger partial charge in [-0.2, -0.15) is 0 Å². The second-order valence-corrected chi connectivity index (χ2v) is 6.23. The van der Waals surface area contributed by atoms with Gasteiger partial charge in [0.05, 0.1) is 19.1 Å². The molecule has 0 aromatic heterocycles. The number of ether oxygens (including phenoxy) is 1. The third-order valence-electron chi connectivity index (χ3n) is 4.81. The van der Waals surface area contributed by atoms with Crippen LogP contribution in [0.1, 0.15) is 42.9 Å². The van der Waals surface area contributed by atoms with Crippen molar-refractivity contribution in [2.24, 2.45) is 0 Å². The third-order valence-corrected chi connectivity index (χ3v) is 4.81. The Labute approximate surface area is 142 Å². The van der Waals surface area contributed by atoms with Crippen molar-refractivity contribution in [3.8, 4) is 5.75 Å². The Bertz CT molecular complexity index is 697. The van der Waals surface area contributed by atoms with Crippen molar-refractivity contribution in [3.05, 3.63) is 65.5 Å². The summed E-state index contributed by atoms with van der Waals surface area (Å²) in [6, 6.07) is 14.1. The van der Waals surface area contributed by atoms with E-state index in [1.54, 1.807) is 19.2 Å². The van der Waals surface area contributed by atoms with Gasteiger partial charge in [0, 0.05) is 6.54 Å². The fourth-order valence-electron chi connectivity index (χ4n) is 3.35. The van der Waals surface area contributed by atoms with Gasteiger partial charge in [0.25, 0.3) is 0 Å². The molecule has 0 saturated carbocycles. The minimum absolute atomic E-state index is 0.00616. The first-order chi connectivity index (χ1) is 11.6. The number of amides is 1. The van der Waals surface area contributed by atoms with Crippen LogP contribution in [-0.2, 0) is 4.79 Å². The zero-order valence-electron chi connectivity index (χ0n) is 14.0. The van der Waals surface area contributed by atoms with E-state index in [1.807, 2.05) is 36.1 Å². The fourth-order valence-corrected chi connectivity index (χ4v) is 3.35.